The van der Waals surface area contributed by atoms with Gasteiger partial charge in [-0.3, -0.25) is 19.2 Å². The van der Waals surface area contributed by atoms with E-state index >= 15 is 4.79 Å². The molecular weight excluding hydrogens is 610 g/mol. The van der Waals surface area contributed by atoms with E-state index in [-0.39, 0.29) is 42.7 Å². The van der Waals surface area contributed by atoms with Crippen LogP contribution in [0.2, 0.25) is 0 Å². The molecule has 0 aromatic heterocycles. The molecule has 1 aromatic carbocycles. The van der Waals surface area contributed by atoms with Crippen molar-refractivity contribution in [3.8, 4) is 0 Å². The predicted molar refractivity (Wildman–Crippen MR) is 181 cm³/mol. The van der Waals surface area contributed by atoms with Crippen LogP contribution in [0.15, 0.2) is 54.6 Å². The molecule has 5 rings (SSSR count). The second-order valence-electron chi connectivity index (χ2n) is 16.1. The first kappa shape index (κ1) is 35.8. The summed E-state index contributed by atoms with van der Waals surface area (Å²) in [6.45, 7) is 14.6. The van der Waals surface area contributed by atoms with E-state index in [0.29, 0.717) is 31.4 Å². The number of cyclic esters (lactones) is 1. The third-order valence-corrected chi connectivity index (χ3v) is 10.0. The molecule has 10 nitrogen and oxygen atoms in total. The van der Waals surface area contributed by atoms with Crippen LogP contribution >= 0.6 is 0 Å². The number of amides is 3. The molecule has 0 aliphatic carbocycles. The van der Waals surface area contributed by atoms with Crippen LogP contribution in [0.4, 0.5) is 0 Å². The lowest BCUT2D eigenvalue weighted by Gasteiger charge is -2.45. The van der Waals surface area contributed by atoms with E-state index in [1.807, 2.05) is 75.1 Å². The number of carbonyl (C=O) groups excluding carboxylic acids is 4. The number of ether oxygens (including phenoxy) is 2. The number of aliphatic hydroxyl groups is 1. The minimum absolute atomic E-state index is 0.0756. The number of carbonyl (C=O) groups is 4. The summed E-state index contributed by atoms with van der Waals surface area (Å²) in [7, 11) is 0. The molecule has 2 saturated heterocycles. The Hall–Kier alpha value is -3.50. The highest BCUT2D eigenvalue weighted by Crippen LogP contribution is 2.54. The first-order valence-corrected chi connectivity index (χ1v) is 17.4. The topological polar surface area (TPSA) is 125 Å². The smallest absolute Gasteiger partial charge is 0.313 e. The number of nitrogens with zero attached hydrogens (tertiary/aromatic N) is 2. The zero-order valence-electron chi connectivity index (χ0n) is 29.5. The van der Waals surface area contributed by atoms with Crippen LogP contribution in [0, 0.1) is 23.2 Å². The molecular formula is C38H53N3O7. The van der Waals surface area contributed by atoms with Crippen LogP contribution in [-0.4, -0.2) is 87.6 Å². The first-order chi connectivity index (χ1) is 22.6. The van der Waals surface area contributed by atoms with Crippen LogP contribution in [0.3, 0.4) is 0 Å². The molecule has 0 saturated carbocycles. The number of hydrogen-bond donors (Lipinski definition) is 2. The average molecular weight is 664 g/mol. The van der Waals surface area contributed by atoms with Gasteiger partial charge in [0.1, 0.15) is 23.7 Å². The highest BCUT2D eigenvalue weighted by Gasteiger charge is 2.73. The van der Waals surface area contributed by atoms with Gasteiger partial charge in [-0.15, -0.1) is 0 Å². The summed E-state index contributed by atoms with van der Waals surface area (Å²) in [5, 5.41) is 13.6. The summed E-state index contributed by atoms with van der Waals surface area (Å²) in [6.07, 6.45) is 7.40. The Morgan fingerprint density at radius 3 is 2.38 bits per heavy atom. The first-order valence-electron chi connectivity index (χ1n) is 17.4. The van der Waals surface area contributed by atoms with E-state index in [0.717, 1.165) is 0 Å². The summed E-state index contributed by atoms with van der Waals surface area (Å²) in [4.78, 5) is 60.3. The average Bonchev–Trinajstić information content (AvgIpc) is 3.39. The van der Waals surface area contributed by atoms with Crippen molar-refractivity contribution in [2.45, 2.75) is 110 Å². The van der Waals surface area contributed by atoms with Crippen molar-refractivity contribution in [3.63, 3.8) is 0 Å². The van der Waals surface area contributed by atoms with E-state index in [2.05, 4.69) is 26.1 Å². The number of rotatable bonds is 7. The van der Waals surface area contributed by atoms with E-state index in [9.17, 15) is 19.5 Å². The van der Waals surface area contributed by atoms with Gasteiger partial charge in [-0.2, -0.15) is 0 Å². The number of fused-ring (bicyclic) bond motifs is 2. The van der Waals surface area contributed by atoms with Gasteiger partial charge in [0.05, 0.1) is 31.2 Å². The Balaban J connectivity index is 1.63. The second-order valence-corrected chi connectivity index (χ2v) is 16.1. The summed E-state index contributed by atoms with van der Waals surface area (Å²) < 4.78 is 13.0. The van der Waals surface area contributed by atoms with Gasteiger partial charge in [-0.05, 0) is 50.0 Å². The maximum absolute atomic E-state index is 15.0. The molecule has 7 atom stereocenters. The van der Waals surface area contributed by atoms with Crippen LogP contribution in [-0.2, 0) is 28.7 Å². The predicted octanol–water partition coefficient (Wildman–Crippen LogP) is 4.34. The number of likely N-dealkylation sites (tertiary alicyclic amines) is 1. The van der Waals surface area contributed by atoms with Crippen molar-refractivity contribution >= 4 is 23.7 Å². The Labute approximate surface area is 284 Å². The molecule has 262 valence electrons. The minimum Gasteiger partial charge on any atom is -0.455 e. The molecule has 1 aromatic rings. The molecule has 4 aliphatic rings. The van der Waals surface area contributed by atoms with Crippen LogP contribution in [0.1, 0.15) is 85.8 Å². The van der Waals surface area contributed by atoms with Crippen molar-refractivity contribution in [2.75, 3.05) is 19.7 Å². The zero-order valence-corrected chi connectivity index (χ0v) is 29.5. The van der Waals surface area contributed by atoms with Gasteiger partial charge in [-0.25, -0.2) is 0 Å². The number of esters is 1. The fourth-order valence-corrected chi connectivity index (χ4v) is 8.50. The number of aliphatic hydroxyl groups excluding tert-OH is 1. The quantitative estimate of drug-likeness (QED) is 0.329. The molecule has 10 heteroatoms. The second kappa shape index (κ2) is 13.8. The van der Waals surface area contributed by atoms with Gasteiger partial charge in [0.15, 0.2) is 0 Å². The van der Waals surface area contributed by atoms with E-state index in [4.69, 9.17) is 9.47 Å². The van der Waals surface area contributed by atoms with Crippen LogP contribution in [0.25, 0.3) is 0 Å². The summed E-state index contributed by atoms with van der Waals surface area (Å²) in [5.74, 6) is -3.47. The standard InChI is InChI=1S/C38H53N3O7/c1-24(2)20-26(22-42)41-32-34(45)40(37(6,7)23-36(3,4)5)19-13-18-38(32)31(33(41)44)30-27(48-38)16-11-12-17-29(43)39-21-28(47-35(30)46)25-14-9-8-10-15-25/h8-11,13-16,18,24,26-28,30-32,42H,12,17,19-23H2,1-7H3,(H,39,43)/b16-11-/t26-,27-,28+,30+,31+,32-,38+/m1/s1. The lowest BCUT2D eigenvalue weighted by molar-refractivity contribution is -0.161. The summed E-state index contributed by atoms with van der Waals surface area (Å²) >= 11 is 0. The Kier molecular flexibility index (Phi) is 10.3. The van der Waals surface area contributed by atoms with Crippen molar-refractivity contribution in [3.05, 3.63) is 60.2 Å². The molecule has 3 amide bonds. The Morgan fingerprint density at radius 2 is 1.73 bits per heavy atom. The molecule has 48 heavy (non-hydrogen) atoms. The fraction of sp³-hybridized carbons (Fsp3) is 0.632. The molecule has 0 radical (unpaired) electrons. The van der Waals surface area contributed by atoms with Crippen LogP contribution < -0.4 is 5.32 Å². The van der Waals surface area contributed by atoms with Gasteiger partial charge in [0.25, 0.3) is 0 Å². The normalized spacial score (nSPS) is 31.2. The maximum Gasteiger partial charge on any atom is 0.313 e. The van der Waals surface area contributed by atoms with E-state index in [1.165, 1.54) is 4.90 Å². The highest BCUT2D eigenvalue weighted by atomic mass is 16.6. The molecule has 1 spiro atoms. The van der Waals surface area contributed by atoms with Crippen molar-refractivity contribution < 1.29 is 33.8 Å². The third kappa shape index (κ3) is 6.97. The van der Waals surface area contributed by atoms with E-state index in [1.54, 1.807) is 12.2 Å². The Bertz CT molecular complexity index is 1430. The number of nitrogens with one attached hydrogen (secondary N) is 1. The molecule has 2 N–H and O–H groups in total. The monoisotopic (exact) mass is 663 g/mol. The van der Waals surface area contributed by atoms with Crippen molar-refractivity contribution in [1.82, 2.24) is 15.1 Å². The van der Waals surface area contributed by atoms with Gasteiger partial charge in [0.2, 0.25) is 17.7 Å². The highest BCUT2D eigenvalue weighted by molar-refractivity contribution is 5.99. The largest absolute Gasteiger partial charge is 0.455 e. The molecule has 0 bridgehead atoms. The lowest BCUT2D eigenvalue weighted by Crippen LogP contribution is -2.61. The molecule has 2 fully saturated rings. The number of allylic oxidation sites excluding steroid dienone is 1. The molecule has 4 heterocycles. The summed E-state index contributed by atoms with van der Waals surface area (Å²) in [6, 6.07) is 7.44. The molecule has 0 unspecified atom stereocenters. The van der Waals surface area contributed by atoms with Crippen LogP contribution in [0.5, 0.6) is 0 Å². The number of hydrogen-bond acceptors (Lipinski definition) is 7. The zero-order chi connectivity index (χ0) is 35.0. The molecule has 4 aliphatic heterocycles. The lowest BCUT2D eigenvalue weighted by atomic mass is 9.77. The van der Waals surface area contributed by atoms with Crippen molar-refractivity contribution in [1.29, 1.82) is 0 Å². The van der Waals surface area contributed by atoms with E-state index < -0.39 is 59.1 Å². The third-order valence-electron chi connectivity index (χ3n) is 10.0. The summed E-state index contributed by atoms with van der Waals surface area (Å²) in [5.41, 5.74) is -1.42. The number of benzene rings is 1. The van der Waals surface area contributed by atoms with Gasteiger partial charge in [0, 0.05) is 18.5 Å². The van der Waals surface area contributed by atoms with Gasteiger partial charge < -0.3 is 29.7 Å². The fourth-order valence-electron chi connectivity index (χ4n) is 8.50. The maximum atomic E-state index is 15.0. The Morgan fingerprint density at radius 1 is 1.02 bits per heavy atom. The minimum atomic E-state index is -1.47. The van der Waals surface area contributed by atoms with Gasteiger partial charge in [-0.1, -0.05) is 89.3 Å². The van der Waals surface area contributed by atoms with Gasteiger partial charge >= 0.3 is 5.97 Å². The SMILES string of the molecule is CC(C)C[C@H](CO)N1C(=O)[C@@H]2[C@H]3C(=O)O[C@H](c4ccccc4)CNC(=O)CC/C=C\[C@H]3O[C@@]23C=CCN(C(C)(C)CC(C)(C)C)C(=O)[C@@H]13. The van der Waals surface area contributed by atoms with Crippen molar-refractivity contribution in [2.24, 2.45) is 23.2 Å².